The molecule has 3 fully saturated rings. The highest BCUT2D eigenvalue weighted by Gasteiger charge is 2.45. The minimum atomic E-state index is -2.21. The number of carbonyl (C=O) groups excluding carboxylic acids is 2. The smallest absolute Gasteiger partial charge is 0.250 e. The average Bonchev–Trinajstić information content (AvgIpc) is 3.42. The lowest BCUT2D eigenvalue weighted by molar-refractivity contribution is -0.128. The van der Waals surface area contributed by atoms with E-state index in [9.17, 15) is 13.8 Å². The van der Waals surface area contributed by atoms with Crippen LogP contribution in [0.15, 0.2) is 30.3 Å². The third kappa shape index (κ3) is 4.12. The molecule has 1 aromatic heterocycles. The predicted octanol–water partition coefficient (Wildman–Crippen LogP) is 2.90. The third-order valence-electron chi connectivity index (χ3n) is 8.93. The van der Waals surface area contributed by atoms with Gasteiger partial charge >= 0.3 is 0 Å². The number of hydrogen-bond donors (Lipinski definition) is 4. The van der Waals surface area contributed by atoms with Crippen molar-refractivity contribution >= 4 is 49.4 Å². The summed E-state index contributed by atoms with van der Waals surface area (Å²) < 4.78 is 14.6. The van der Waals surface area contributed by atoms with Crippen molar-refractivity contribution in [2.24, 2.45) is 11.1 Å². The van der Waals surface area contributed by atoms with Crippen LogP contribution in [0.2, 0.25) is 0 Å². The standard InChI is InChI=1S/C28H37N5O3S/c1-37(2,36)33-14-8-18(9-15-33)19-4-5-20-22(16-19)31-25-21(26(29)34)6-7-23(24(20)25)32-13-3-10-28(17-32)11-12-30-27(28)35/h4-7,16,18,31,37H,3,8-15,17H2,1-2H3,(H2,29,34)(H,30,35). The molecule has 4 N–H and O–H groups in total. The molecule has 1 unspecified atom stereocenters. The number of nitrogens with zero attached hydrogens (tertiary/aromatic N) is 2. The summed E-state index contributed by atoms with van der Waals surface area (Å²) in [7, 11) is -2.21. The zero-order chi connectivity index (χ0) is 25.9. The molecule has 1 spiro atoms. The van der Waals surface area contributed by atoms with Gasteiger partial charge in [0.25, 0.3) is 5.91 Å². The molecule has 198 valence electrons. The normalized spacial score (nSPS) is 24.3. The van der Waals surface area contributed by atoms with E-state index in [0.717, 1.165) is 85.8 Å². The summed E-state index contributed by atoms with van der Waals surface area (Å²) in [6, 6.07) is 10.4. The van der Waals surface area contributed by atoms with E-state index >= 15 is 0 Å². The average molecular weight is 524 g/mol. The minimum absolute atomic E-state index is 0.166. The number of benzene rings is 2. The second-order valence-electron chi connectivity index (χ2n) is 11.5. The van der Waals surface area contributed by atoms with Crippen molar-refractivity contribution in [2.75, 3.05) is 50.1 Å². The van der Waals surface area contributed by atoms with Crippen LogP contribution in [0.1, 0.15) is 53.9 Å². The van der Waals surface area contributed by atoms with Gasteiger partial charge in [0.1, 0.15) is 0 Å². The van der Waals surface area contributed by atoms with E-state index in [-0.39, 0.29) is 11.3 Å². The number of hydrogen-bond acceptors (Lipinski definition) is 4. The molecule has 37 heavy (non-hydrogen) atoms. The Morgan fingerprint density at radius 3 is 2.57 bits per heavy atom. The maximum absolute atomic E-state index is 12.7. The van der Waals surface area contributed by atoms with Gasteiger partial charge in [-0.15, -0.1) is 0 Å². The summed E-state index contributed by atoms with van der Waals surface area (Å²) in [6.45, 7) is 4.00. The Labute approximate surface area is 218 Å². The molecule has 3 aliphatic heterocycles. The fourth-order valence-electron chi connectivity index (χ4n) is 6.86. The molecular weight excluding hydrogens is 486 g/mol. The minimum Gasteiger partial charge on any atom is -0.370 e. The first-order valence-electron chi connectivity index (χ1n) is 13.4. The molecule has 2 amide bonds. The van der Waals surface area contributed by atoms with Crippen molar-refractivity contribution < 1.29 is 13.8 Å². The van der Waals surface area contributed by atoms with E-state index in [1.54, 1.807) is 0 Å². The number of fused-ring (bicyclic) bond motifs is 3. The van der Waals surface area contributed by atoms with Crippen LogP contribution in [0.25, 0.3) is 21.8 Å². The molecule has 3 aliphatic rings. The Bertz CT molecular complexity index is 1450. The number of nitrogens with two attached hydrogens (primary N) is 1. The number of rotatable bonds is 4. The van der Waals surface area contributed by atoms with Crippen LogP contribution in [0.4, 0.5) is 5.69 Å². The fourth-order valence-corrected chi connectivity index (χ4v) is 8.05. The molecule has 0 saturated carbocycles. The van der Waals surface area contributed by atoms with Crippen molar-refractivity contribution in [1.29, 1.82) is 0 Å². The molecular formula is C28H37N5O3S. The number of anilines is 1. The number of nitrogens with one attached hydrogen (secondary N) is 2. The van der Waals surface area contributed by atoms with Gasteiger partial charge in [0, 0.05) is 67.2 Å². The Hall–Kier alpha value is -2.91. The summed E-state index contributed by atoms with van der Waals surface area (Å²) in [6.07, 6.45) is 8.40. The zero-order valence-electron chi connectivity index (χ0n) is 21.7. The zero-order valence-corrected chi connectivity index (χ0v) is 22.6. The van der Waals surface area contributed by atoms with E-state index in [2.05, 4.69) is 37.7 Å². The van der Waals surface area contributed by atoms with Gasteiger partial charge in [-0.1, -0.05) is 22.3 Å². The van der Waals surface area contributed by atoms with Gasteiger partial charge in [-0.25, -0.2) is 4.31 Å². The number of thiol groups is 1. The lowest BCUT2D eigenvalue weighted by Gasteiger charge is -2.40. The molecule has 8 nitrogen and oxygen atoms in total. The summed E-state index contributed by atoms with van der Waals surface area (Å²) in [5.74, 6) is 0.125. The monoisotopic (exact) mass is 523 g/mol. The topological polar surface area (TPSA) is 112 Å². The summed E-state index contributed by atoms with van der Waals surface area (Å²) >= 11 is 0. The van der Waals surface area contributed by atoms with Gasteiger partial charge in [0.2, 0.25) is 5.91 Å². The molecule has 6 rings (SSSR count). The lowest BCUT2D eigenvalue weighted by Crippen LogP contribution is -2.47. The van der Waals surface area contributed by atoms with Crippen LogP contribution in [-0.4, -0.2) is 70.5 Å². The molecule has 9 heteroatoms. The SMILES string of the molecule is C[SH](C)(=O)N1CCC(c2ccc3c(c2)[nH]c2c(C(N)=O)ccc(N4CCCC5(CCNC5=O)C4)c23)CC1. The molecule has 0 aliphatic carbocycles. The van der Waals surface area contributed by atoms with Gasteiger partial charge in [0.05, 0.1) is 16.5 Å². The Morgan fingerprint density at radius 2 is 1.89 bits per heavy atom. The van der Waals surface area contributed by atoms with Crippen molar-refractivity contribution in [2.45, 2.75) is 38.0 Å². The molecule has 0 bridgehead atoms. The Kier molecular flexibility index (Phi) is 5.84. The number of primary amides is 1. The number of amides is 2. The number of piperidine rings is 2. The highest BCUT2D eigenvalue weighted by atomic mass is 32.3. The summed E-state index contributed by atoms with van der Waals surface area (Å²) in [4.78, 5) is 31.0. The van der Waals surface area contributed by atoms with Gasteiger partial charge in [-0.2, -0.15) is 0 Å². The third-order valence-corrected chi connectivity index (χ3v) is 10.7. The fraction of sp³-hybridized carbons (Fsp3) is 0.500. The maximum Gasteiger partial charge on any atom is 0.250 e. The van der Waals surface area contributed by atoms with Crippen LogP contribution >= 0.6 is 0 Å². The second kappa shape index (κ2) is 8.84. The van der Waals surface area contributed by atoms with E-state index in [1.165, 1.54) is 5.56 Å². The first-order valence-corrected chi connectivity index (χ1v) is 15.9. The molecule has 0 radical (unpaired) electrons. The highest BCUT2D eigenvalue weighted by Crippen LogP contribution is 2.43. The number of carbonyl (C=O) groups is 2. The van der Waals surface area contributed by atoms with Crippen LogP contribution in [0.3, 0.4) is 0 Å². The molecule has 3 aromatic rings. The highest BCUT2D eigenvalue weighted by molar-refractivity contribution is 7.99. The Morgan fingerprint density at radius 1 is 1.11 bits per heavy atom. The van der Waals surface area contributed by atoms with Gasteiger partial charge in [0.15, 0.2) is 0 Å². The predicted molar refractivity (Wildman–Crippen MR) is 151 cm³/mol. The van der Waals surface area contributed by atoms with E-state index in [1.807, 2.05) is 24.6 Å². The first kappa shape index (κ1) is 24.4. The molecule has 2 aromatic carbocycles. The lowest BCUT2D eigenvalue weighted by atomic mass is 9.78. The van der Waals surface area contributed by atoms with Crippen molar-refractivity contribution in [1.82, 2.24) is 14.6 Å². The van der Waals surface area contributed by atoms with Crippen molar-refractivity contribution in [3.05, 3.63) is 41.5 Å². The summed E-state index contributed by atoms with van der Waals surface area (Å²) in [5, 5.41) is 5.10. The van der Waals surface area contributed by atoms with Gasteiger partial charge in [-0.3, -0.25) is 13.8 Å². The van der Waals surface area contributed by atoms with Crippen LogP contribution in [0.5, 0.6) is 0 Å². The van der Waals surface area contributed by atoms with E-state index < -0.39 is 16.0 Å². The van der Waals surface area contributed by atoms with Crippen LogP contribution in [0, 0.1) is 5.41 Å². The molecule has 1 atom stereocenters. The van der Waals surface area contributed by atoms with Crippen LogP contribution < -0.4 is 16.0 Å². The van der Waals surface area contributed by atoms with Crippen molar-refractivity contribution in [3.63, 3.8) is 0 Å². The number of aromatic amines is 1. The van der Waals surface area contributed by atoms with Gasteiger partial charge < -0.3 is 20.9 Å². The first-order chi connectivity index (χ1) is 17.7. The number of aromatic nitrogens is 1. The Balaban J connectivity index is 1.40. The molecule has 4 heterocycles. The maximum atomic E-state index is 12.7. The van der Waals surface area contributed by atoms with Crippen molar-refractivity contribution in [3.8, 4) is 0 Å². The summed E-state index contributed by atoms with van der Waals surface area (Å²) in [5.41, 5.74) is 10.0. The quantitative estimate of drug-likeness (QED) is 0.394. The van der Waals surface area contributed by atoms with Gasteiger partial charge in [-0.05, 0) is 61.8 Å². The van der Waals surface area contributed by atoms with Crippen LogP contribution in [-0.2, 0) is 14.9 Å². The second-order valence-corrected chi connectivity index (χ2v) is 14.7. The largest absolute Gasteiger partial charge is 0.370 e. The number of H-pyrrole nitrogens is 1. The van der Waals surface area contributed by atoms with E-state index in [4.69, 9.17) is 5.73 Å². The van der Waals surface area contributed by atoms with E-state index in [0.29, 0.717) is 18.0 Å². The molecule has 3 saturated heterocycles.